The molecule has 1 aromatic heterocycles. The fraction of sp³-hybridized carbons (Fsp3) is 0.389. The number of ether oxygens (including phenoxy) is 3. The maximum absolute atomic E-state index is 12.2. The molecule has 2 aromatic rings. The number of nitrogens with one attached hydrogen (secondary N) is 1. The number of amides is 1. The summed E-state index contributed by atoms with van der Waals surface area (Å²) in [5.41, 5.74) is 0.905. The summed E-state index contributed by atoms with van der Waals surface area (Å²) in [5, 5.41) is 2.90. The molecule has 0 spiro atoms. The highest BCUT2D eigenvalue weighted by atomic mass is 16.5. The standard InChI is InChI=1S/C18H23NO5/c1-12-5-7-16(24-12)18(20)19-13(2)14-6-8-15(17(11-14)22-4)23-10-9-21-3/h5-8,11,13H,9-10H2,1-4H3,(H,19,20). The molecule has 0 bridgehead atoms. The first-order chi connectivity index (χ1) is 11.5. The monoisotopic (exact) mass is 333 g/mol. The minimum absolute atomic E-state index is 0.204. The van der Waals surface area contributed by atoms with Crippen LogP contribution in [0.25, 0.3) is 0 Å². The SMILES string of the molecule is COCCOc1ccc(C(C)NC(=O)c2ccc(C)o2)cc1OC. The van der Waals surface area contributed by atoms with Gasteiger partial charge in [0.25, 0.3) is 5.91 Å². The van der Waals surface area contributed by atoms with Crippen molar-refractivity contribution < 1.29 is 23.4 Å². The van der Waals surface area contributed by atoms with E-state index in [-0.39, 0.29) is 11.9 Å². The van der Waals surface area contributed by atoms with Gasteiger partial charge in [0, 0.05) is 7.11 Å². The first kappa shape index (κ1) is 17.9. The van der Waals surface area contributed by atoms with Crippen LogP contribution in [0.15, 0.2) is 34.7 Å². The first-order valence-corrected chi connectivity index (χ1v) is 7.72. The third-order valence-corrected chi connectivity index (χ3v) is 3.54. The molecule has 1 heterocycles. The number of benzene rings is 1. The molecule has 130 valence electrons. The molecule has 0 saturated carbocycles. The van der Waals surface area contributed by atoms with E-state index in [0.717, 1.165) is 5.56 Å². The third-order valence-electron chi connectivity index (χ3n) is 3.54. The molecule has 6 nitrogen and oxygen atoms in total. The van der Waals surface area contributed by atoms with Crippen LogP contribution in [0, 0.1) is 6.92 Å². The number of rotatable bonds is 8. The number of hydrogen-bond donors (Lipinski definition) is 1. The molecule has 0 fully saturated rings. The second-order valence-electron chi connectivity index (χ2n) is 5.36. The Morgan fingerprint density at radius 1 is 1.17 bits per heavy atom. The normalized spacial score (nSPS) is 11.8. The van der Waals surface area contributed by atoms with E-state index < -0.39 is 0 Å². The lowest BCUT2D eigenvalue weighted by molar-refractivity contribution is 0.0910. The summed E-state index contributed by atoms with van der Waals surface area (Å²) in [6.07, 6.45) is 0. The molecule has 1 aromatic carbocycles. The topological polar surface area (TPSA) is 69.9 Å². The number of carbonyl (C=O) groups excluding carboxylic acids is 1. The fourth-order valence-electron chi connectivity index (χ4n) is 2.22. The van der Waals surface area contributed by atoms with Crippen molar-refractivity contribution in [2.24, 2.45) is 0 Å². The Labute approximate surface area is 141 Å². The second-order valence-corrected chi connectivity index (χ2v) is 5.36. The summed E-state index contributed by atoms with van der Waals surface area (Å²) in [5.74, 6) is 1.99. The van der Waals surface area contributed by atoms with Gasteiger partial charge in [0.15, 0.2) is 17.3 Å². The predicted molar refractivity (Wildman–Crippen MR) is 89.7 cm³/mol. The smallest absolute Gasteiger partial charge is 0.287 e. The summed E-state index contributed by atoms with van der Waals surface area (Å²) < 4.78 is 21.3. The predicted octanol–water partition coefficient (Wildman–Crippen LogP) is 3.11. The van der Waals surface area contributed by atoms with E-state index in [9.17, 15) is 4.79 Å². The van der Waals surface area contributed by atoms with Crippen LogP contribution in [0.2, 0.25) is 0 Å². The van der Waals surface area contributed by atoms with Gasteiger partial charge in [0.2, 0.25) is 0 Å². The van der Waals surface area contributed by atoms with Gasteiger partial charge in [0.1, 0.15) is 12.4 Å². The highest BCUT2D eigenvalue weighted by Crippen LogP contribution is 2.30. The first-order valence-electron chi connectivity index (χ1n) is 7.72. The van der Waals surface area contributed by atoms with Crippen molar-refractivity contribution >= 4 is 5.91 Å². The van der Waals surface area contributed by atoms with Crippen molar-refractivity contribution in [2.75, 3.05) is 27.4 Å². The van der Waals surface area contributed by atoms with Crippen LogP contribution in [-0.2, 0) is 4.74 Å². The molecule has 1 amide bonds. The molecule has 6 heteroatoms. The maximum atomic E-state index is 12.2. The third kappa shape index (κ3) is 4.52. The largest absolute Gasteiger partial charge is 0.493 e. The number of methoxy groups -OCH3 is 2. The van der Waals surface area contributed by atoms with Crippen LogP contribution in [0.5, 0.6) is 11.5 Å². The summed E-state index contributed by atoms with van der Waals surface area (Å²) in [6, 6.07) is 8.77. The fourth-order valence-corrected chi connectivity index (χ4v) is 2.22. The molecule has 2 rings (SSSR count). The lowest BCUT2D eigenvalue weighted by atomic mass is 10.1. The Bertz CT molecular complexity index is 680. The van der Waals surface area contributed by atoms with Crippen LogP contribution in [0.1, 0.15) is 34.8 Å². The molecule has 0 aliphatic heterocycles. The lowest BCUT2D eigenvalue weighted by Gasteiger charge is -2.16. The molecule has 0 radical (unpaired) electrons. The van der Waals surface area contributed by atoms with E-state index in [0.29, 0.717) is 36.2 Å². The van der Waals surface area contributed by atoms with Crippen LogP contribution in [0.3, 0.4) is 0 Å². The quantitative estimate of drug-likeness (QED) is 0.752. The summed E-state index contributed by atoms with van der Waals surface area (Å²) in [4.78, 5) is 12.2. The average Bonchev–Trinajstić information content (AvgIpc) is 3.01. The molecular formula is C18H23NO5. The number of furan rings is 1. The van der Waals surface area contributed by atoms with Crippen LogP contribution >= 0.6 is 0 Å². The van der Waals surface area contributed by atoms with E-state index >= 15 is 0 Å². The van der Waals surface area contributed by atoms with Crippen molar-refractivity contribution in [1.82, 2.24) is 5.32 Å². The average molecular weight is 333 g/mol. The van der Waals surface area contributed by atoms with Crippen molar-refractivity contribution in [3.05, 3.63) is 47.4 Å². The zero-order valence-electron chi connectivity index (χ0n) is 14.4. The Hall–Kier alpha value is -2.47. The summed E-state index contributed by atoms with van der Waals surface area (Å²) in [6.45, 7) is 4.64. The lowest BCUT2D eigenvalue weighted by Crippen LogP contribution is -2.26. The molecule has 1 atom stereocenters. The van der Waals surface area contributed by atoms with Crippen LogP contribution < -0.4 is 14.8 Å². The van der Waals surface area contributed by atoms with Gasteiger partial charge in [-0.05, 0) is 43.7 Å². The van der Waals surface area contributed by atoms with Gasteiger partial charge in [-0.2, -0.15) is 0 Å². The molecular weight excluding hydrogens is 310 g/mol. The van der Waals surface area contributed by atoms with Gasteiger partial charge in [-0.1, -0.05) is 6.07 Å². The van der Waals surface area contributed by atoms with E-state index in [1.54, 1.807) is 33.3 Å². The van der Waals surface area contributed by atoms with Gasteiger partial charge in [0.05, 0.1) is 19.8 Å². The summed E-state index contributed by atoms with van der Waals surface area (Å²) in [7, 11) is 3.20. The summed E-state index contributed by atoms with van der Waals surface area (Å²) >= 11 is 0. The Morgan fingerprint density at radius 2 is 1.96 bits per heavy atom. The van der Waals surface area contributed by atoms with E-state index in [1.165, 1.54) is 0 Å². The molecule has 0 aliphatic rings. The van der Waals surface area contributed by atoms with Crippen molar-refractivity contribution in [1.29, 1.82) is 0 Å². The van der Waals surface area contributed by atoms with Crippen molar-refractivity contribution in [3.63, 3.8) is 0 Å². The molecule has 1 unspecified atom stereocenters. The van der Waals surface area contributed by atoms with Gasteiger partial charge in [-0.3, -0.25) is 4.79 Å². The minimum atomic E-state index is -0.255. The number of carbonyl (C=O) groups is 1. The van der Waals surface area contributed by atoms with Gasteiger partial charge in [-0.25, -0.2) is 0 Å². The van der Waals surface area contributed by atoms with Crippen molar-refractivity contribution in [3.8, 4) is 11.5 Å². The van der Waals surface area contributed by atoms with E-state index in [1.807, 2.05) is 25.1 Å². The molecule has 24 heavy (non-hydrogen) atoms. The molecule has 1 N–H and O–H groups in total. The molecule has 0 saturated heterocycles. The zero-order valence-corrected chi connectivity index (χ0v) is 14.4. The Morgan fingerprint density at radius 3 is 2.58 bits per heavy atom. The number of hydrogen-bond acceptors (Lipinski definition) is 5. The van der Waals surface area contributed by atoms with Crippen LogP contribution in [-0.4, -0.2) is 33.3 Å². The Kier molecular flexibility index (Phi) is 6.26. The highest BCUT2D eigenvalue weighted by Gasteiger charge is 2.16. The van der Waals surface area contributed by atoms with E-state index in [4.69, 9.17) is 18.6 Å². The Balaban J connectivity index is 2.06. The minimum Gasteiger partial charge on any atom is -0.493 e. The van der Waals surface area contributed by atoms with Crippen LogP contribution in [0.4, 0.5) is 0 Å². The van der Waals surface area contributed by atoms with Gasteiger partial charge < -0.3 is 23.9 Å². The van der Waals surface area contributed by atoms with Gasteiger partial charge >= 0.3 is 0 Å². The molecule has 0 aliphatic carbocycles. The zero-order chi connectivity index (χ0) is 17.5. The van der Waals surface area contributed by atoms with Gasteiger partial charge in [-0.15, -0.1) is 0 Å². The van der Waals surface area contributed by atoms with Crippen molar-refractivity contribution in [2.45, 2.75) is 19.9 Å². The highest BCUT2D eigenvalue weighted by molar-refractivity contribution is 5.91. The van der Waals surface area contributed by atoms with E-state index in [2.05, 4.69) is 5.32 Å². The number of aryl methyl sites for hydroxylation is 1. The maximum Gasteiger partial charge on any atom is 0.287 e. The second kappa shape index (κ2) is 8.40.